The smallest absolute Gasteiger partial charge is 0.322 e. The molecule has 0 aromatic carbocycles. The molecule has 2 fully saturated rings. The number of nitrogens with two attached hydrogens (primary N) is 1. The molecule has 2 heterocycles. The molecule has 0 aliphatic carbocycles. The van der Waals surface area contributed by atoms with Gasteiger partial charge in [0.2, 0.25) is 35.4 Å². The van der Waals surface area contributed by atoms with Gasteiger partial charge in [-0.2, -0.15) is 11.8 Å². The van der Waals surface area contributed by atoms with Crippen molar-refractivity contribution in [3.05, 3.63) is 0 Å². The summed E-state index contributed by atoms with van der Waals surface area (Å²) in [4.78, 5) is 90.0. The summed E-state index contributed by atoms with van der Waals surface area (Å²) in [6.07, 6.45) is 1.38. The maximum atomic E-state index is 13.6. The number of carboxylic acids is 1. The molecule has 0 aromatic heterocycles. The van der Waals surface area contributed by atoms with Crippen LogP contribution in [0.2, 0.25) is 0 Å². The number of nitrogens with zero attached hydrogens (tertiary/aromatic N) is 1. The number of carbonyl (C=O) groups is 7. The average molecular weight is 614 g/mol. The lowest BCUT2D eigenvalue weighted by molar-refractivity contribution is -0.141. The van der Waals surface area contributed by atoms with Crippen molar-refractivity contribution >= 4 is 53.2 Å². The minimum absolute atomic E-state index is 0.0240. The highest BCUT2D eigenvalue weighted by molar-refractivity contribution is 7.99. The molecular weight excluding hydrogens is 570 g/mol. The molecule has 2 aliphatic heterocycles. The van der Waals surface area contributed by atoms with Gasteiger partial charge >= 0.3 is 5.97 Å². The van der Waals surface area contributed by atoms with Crippen molar-refractivity contribution in [2.24, 2.45) is 17.6 Å². The molecule has 0 saturated carbocycles. The Balaban J connectivity index is 2.26. The van der Waals surface area contributed by atoms with Crippen LogP contribution in [0.25, 0.3) is 0 Å². The van der Waals surface area contributed by atoms with Gasteiger partial charge in [0.15, 0.2) is 0 Å². The molecule has 5 atom stereocenters. The Morgan fingerprint density at radius 2 is 1.79 bits per heavy atom. The number of nitrogens with one attached hydrogen (secondary N) is 5. The van der Waals surface area contributed by atoms with Gasteiger partial charge in [0.25, 0.3) is 0 Å². The first-order valence-corrected chi connectivity index (χ1v) is 15.2. The molecule has 0 unspecified atom stereocenters. The Morgan fingerprint density at radius 1 is 1.10 bits per heavy atom. The van der Waals surface area contributed by atoms with Crippen molar-refractivity contribution in [3.8, 4) is 0 Å². The summed E-state index contributed by atoms with van der Waals surface area (Å²) in [5.74, 6) is -5.10. The van der Waals surface area contributed by atoms with E-state index in [0.717, 1.165) is 11.8 Å². The zero-order chi connectivity index (χ0) is 31.6. The number of carboxylic acid groups (broad SMARTS) is 1. The number of fused-ring (bicyclic) bond motifs is 1. The van der Waals surface area contributed by atoms with Crippen LogP contribution in [0.1, 0.15) is 47.0 Å². The SMILES string of the molecule is CC(C)C[C@H](N)C(=O)N[C@@H]1CSC[C@@H](C(=O)N[C@H](C(=O)NCC(=O)O)C(C)C)NC(=O)CNC(=O)[C@@H]2CCCN2C1=O. The summed E-state index contributed by atoms with van der Waals surface area (Å²) in [6.45, 7) is 6.39. The summed E-state index contributed by atoms with van der Waals surface area (Å²) < 4.78 is 0. The fourth-order valence-corrected chi connectivity index (χ4v) is 5.72. The standard InChI is InChI=1S/C26H43N7O8S/c1-13(2)8-15(27)22(37)31-17-12-42-11-16(23(38)32-21(14(3)4)25(40)29-10-20(35)36)30-19(34)9-28-24(39)18-6-5-7-33(18)26(17)41/h13-18,21H,5-12,27H2,1-4H3,(H,28,39)(H,29,40)(H,30,34)(H,31,37)(H,32,38)(H,35,36)/t15-,16-,17+,18-,21-/m0/s1. The van der Waals surface area contributed by atoms with Crippen LogP contribution in [-0.4, -0.2) is 113 Å². The summed E-state index contributed by atoms with van der Waals surface area (Å²) in [7, 11) is 0. The second-order valence-electron chi connectivity index (χ2n) is 11.2. The van der Waals surface area contributed by atoms with Crippen LogP contribution in [0.3, 0.4) is 0 Å². The van der Waals surface area contributed by atoms with Crippen LogP contribution in [0.5, 0.6) is 0 Å². The highest BCUT2D eigenvalue weighted by Gasteiger charge is 2.39. The summed E-state index contributed by atoms with van der Waals surface area (Å²) >= 11 is 1.12. The second-order valence-corrected chi connectivity index (χ2v) is 12.3. The van der Waals surface area contributed by atoms with E-state index in [2.05, 4.69) is 26.6 Å². The first kappa shape index (κ1) is 34.8. The summed E-state index contributed by atoms with van der Waals surface area (Å²) in [6, 6.07) is -4.97. The first-order chi connectivity index (χ1) is 19.7. The number of hydrogen-bond acceptors (Lipinski definition) is 9. The fourth-order valence-electron chi connectivity index (χ4n) is 4.65. The van der Waals surface area contributed by atoms with Crippen LogP contribution < -0.4 is 32.3 Å². The van der Waals surface area contributed by atoms with Crippen molar-refractivity contribution in [2.45, 2.75) is 77.2 Å². The lowest BCUT2D eigenvalue weighted by Gasteiger charge is -2.29. The predicted octanol–water partition coefficient (Wildman–Crippen LogP) is -2.47. The predicted molar refractivity (Wildman–Crippen MR) is 154 cm³/mol. The third-order valence-electron chi connectivity index (χ3n) is 6.82. The van der Waals surface area contributed by atoms with Crippen molar-refractivity contribution in [3.63, 3.8) is 0 Å². The maximum absolute atomic E-state index is 13.6. The molecule has 2 saturated heterocycles. The quantitative estimate of drug-likeness (QED) is 0.137. The van der Waals surface area contributed by atoms with E-state index in [4.69, 9.17) is 10.8 Å². The molecule has 0 aromatic rings. The molecule has 16 heteroatoms. The Kier molecular flexibility index (Phi) is 13.5. The molecule has 42 heavy (non-hydrogen) atoms. The molecule has 8 N–H and O–H groups in total. The van der Waals surface area contributed by atoms with Gasteiger partial charge in [-0.25, -0.2) is 0 Å². The van der Waals surface area contributed by atoms with Crippen LogP contribution in [0.4, 0.5) is 0 Å². The third-order valence-corrected chi connectivity index (χ3v) is 7.96. The van der Waals surface area contributed by atoms with E-state index in [-0.39, 0.29) is 17.4 Å². The Morgan fingerprint density at radius 3 is 2.40 bits per heavy atom. The second kappa shape index (κ2) is 16.3. The molecule has 236 valence electrons. The van der Waals surface area contributed by atoms with E-state index < -0.39 is 90.6 Å². The Hall–Kier alpha value is -3.40. The molecule has 0 radical (unpaired) electrons. The van der Waals surface area contributed by atoms with Gasteiger partial charge in [0, 0.05) is 18.1 Å². The zero-order valence-electron chi connectivity index (χ0n) is 24.4. The normalized spacial score (nSPS) is 23.4. The van der Waals surface area contributed by atoms with Gasteiger partial charge in [0.05, 0.1) is 12.6 Å². The van der Waals surface area contributed by atoms with E-state index in [1.165, 1.54) is 4.90 Å². The van der Waals surface area contributed by atoms with Crippen molar-refractivity contribution in [1.82, 2.24) is 31.5 Å². The molecule has 2 aliphatic rings. The maximum Gasteiger partial charge on any atom is 0.322 e. The lowest BCUT2D eigenvalue weighted by Crippen LogP contribution is -2.57. The number of aliphatic carboxylic acids is 1. The first-order valence-electron chi connectivity index (χ1n) is 14.0. The fraction of sp³-hybridized carbons (Fsp3) is 0.731. The van der Waals surface area contributed by atoms with Gasteiger partial charge in [0.1, 0.15) is 30.7 Å². The number of rotatable bonds is 10. The number of carbonyl (C=O) groups excluding carboxylic acids is 6. The monoisotopic (exact) mass is 613 g/mol. The summed E-state index contributed by atoms with van der Waals surface area (Å²) in [5.41, 5.74) is 6.04. The van der Waals surface area contributed by atoms with Crippen LogP contribution in [0.15, 0.2) is 0 Å². The van der Waals surface area contributed by atoms with Gasteiger partial charge < -0.3 is 42.3 Å². The number of thioether (sulfide) groups is 1. The molecule has 0 bridgehead atoms. The van der Waals surface area contributed by atoms with E-state index in [1.807, 2.05) is 13.8 Å². The molecule has 15 nitrogen and oxygen atoms in total. The van der Waals surface area contributed by atoms with E-state index >= 15 is 0 Å². The Labute approximate surface area is 249 Å². The lowest BCUT2D eigenvalue weighted by atomic mass is 10.0. The number of hydrogen-bond donors (Lipinski definition) is 7. The minimum Gasteiger partial charge on any atom is -0.480 e. The van der Waals surface area contributed by atoms with Gasteiger partial charge in [-0.3, -0.25) is 33.6 Å². The van der Waals surface area contributed by atoms with Gasteiger partial charge in [-0.05, 0) is 31.1 Å². The Bertz CT molecular complexity index is 1040. The van der Waals surface area contributed by atoms with Gasteiger partial charge in [-0.1, -0.05) is 27.7 Å². The molecule has 0 spiro atoms. The van der Waals surface area contributed by atoms with Crippen molar-refractivity contribution in [1.29, 1.82) is 0 Å². The van der Waals surface area contributed by atoms with Gasteiger partial charge in [-0.15, -0.1) is 0 Å². The van der Waals surface area contributed by atoms with Crippen molar-refractivity contribution < 1.29 is 38.7 Å². The molecular formula is C26H43N7O8S. The van der Waals surface area contributed by atoms with E-state index in [0.29, 0.717) is 25.8 Å². The topological polar surface area (TPSA) is 229 Å². The molecule has 2 rings (SSSR count). The van der Waals surface area contributed by atoms with Crippen LogP contribution in [-0.2, 0) is 33.6 Å². The van der Waals surface area contributed by atoms with Crippen molar-refractivity contribution in [2.75, 3.05) is 31.1 Å². The third kappa shape index (κ3) is 10.5. The zero-order valence-corrected chi connectivity index (χ0v) is 25.3. The highest BCUT2D eigenvalue weighted by atomic mass is 32.2. The minimum atomic E-state index is -1.25. The largest absolute Gasteiger partial charge is 0.480 e. The van der Waals surface area contributed by atoms with Crippen LogP contribution >= 0.6 is 11.8 Å². The average Bonchev–Trinajstić information content (AvgIpc) is 3.40. The highest BCUT2D eigenvalue weighted by Crippen LogP contribution is 2.20. The number of amides is 6. The van der Waals surface area contributed by atoms with E-state index in [1.54, 1.807) is 13.8 Å². The molecule has 6 amide bonds. The summed E-state index contributed by atoms with van der Waals surface area (Å²) in [5, 5.41) is 21.4. The van der Waals surface area contributed by atoms with Crippen LogP contribution in [0, 0.1) is 11.8 Å². The van der Waals surface area contributed by atoms with E-state index in [9.17, 15) is 33.6 Å².